The maximum atomic E-state index is 12.9. The van der Waals surface area contributed by atoms with Crippen LogP contribution in [-0.4, -0.2) is 10.9 Å². The van der Waals surface area contributed by atoms with Crippen LogP contribution < -0.4 is 10.9 Å². The molecule has 0 radical (unpaired) electrons. The number of anilines is 1. The van der Waals surface area contributed by atoms with Gasteiger partial charge >= 0.3 is 0 Å². The number of hydrogen-bond donors (Lipinski definition) is 2. The fourth-order valence-corrected chi connectivity index (χ4v) is 2.89. The lowest BCUT2D eigenvalue weighted by Gasteiger charge is -2.05. The molecule has 0 saturated heterocycles. The number of nitrogens with zero attached hydrogens (tertiary/aromatic N) is 1. The van der Waals surface area contributed by atoms with E-state index in [0.29, 0.717) is 10.7 Å². The number of aryl methyl sites for hydroxylation is 1. The average Bonchev–Trinajstić information content (AvgIpc) is 2.95. The number of halogens is 1. The summed E-state index contributed by atoms with van der Waals surface area (Å²) >= 11 is 1.45. The van der Waals surface area contributed by atoms with Crippen LogP contribution in [0.15, 0.2) is 54.6 Å². The molecule has 1 amide bonds. The Morgan fingerprint density at radius 2 is 1.78 bits per heavy atom. The van der Waals surface area contributed by atoms with Gasteiger partial charge in [-0.15, -0.1) is 11.3 Å². The Labute approximate surface area is 137 Å². The highest BCUT2D eigenvalue weighted by Gasteiger charge is 2.11. The molecular formula is C17H14FN3OS. The Balaban J connectivity index is 1.69. The van der Waals surface area contributed by atoms with E-state index in [2.05, 4.69) is 15.8 Å². The third-order valence-electron chi connectivity index (χ3n) is 3.23. The zero-order valence-corrected chi connectivity index (χ0v) is 13.2. The van der Waals surface area contributed by atoms with E-state index >= 15 is 0 Å². The number of nitrogens with one attached hydrogen (secondary N) is 2. The second kappa shape index (κ2) is 6.58. The van der Waals surface area contributed by atoms with Gasteiger partial charge in [-0.25, -0.2) is 9.37 Å². The van der Waals surface area contributed by atoms with Crippen molar-refractivity contribution in [2.75, 3.05) is 5.43 Å². The molecule has 3 aromatic rings. The second-order valence-corrected chi connectivity index (χ2v) is 6.08. The van der Waals surface area contributed by atoms with Crippen LogP contribution in [0.3, 0.4) is 0 Å². The summed E-state index contributed by atoms with van der Waals surface area (Å²) in [5.41, 5.74) is 7.65. The normalized spacial score (nSPS) is 10.3. The maximum absolute atomic E-state index is 12.9. The third kappa shape index (κ3) is 3.54. The average molecular weight is 327 g/mol. The monoisotopic (exact) mass is 327 g/mol. The number of hydrogen-bond acceptors (Lipinski definition) is 4. The summed E-state index contributed by atoms with van der Waals surface area (Å²) in [5.74, 6) is -0.725. The molecule has 0 saturated carbocycles. The number of hydrazine groups is 1. The van der Waals surface area contributed by atoms with Crippen molar-refractivity contribution in [1.82, 2.24) is 10.4 Å². The molecular weight excluding hydrogens is 313 g/mol. The van der Waals surface area contributed by atoms with Crippen molar-refractivity contribution in [1.29, 1.82) is 0 Å². The Morgan fingerprint density at radius 1 is 1.09 bits per heavy atom. The SMILES string of the molecule is Cc1sc(NNC(=O)c2ccc(F)cc2)nc1-c1ccccc1. The van der Waals surface area contributed by atoms with E-state index in [0.717, 1.165) is 16.1 Å². The molecule has 0 aliphatic rings. The Bertz CT molecular complexity index is 816. The number of benzene rings is 2. The van der Waals surface area contributed by atoms with Gasteiger partial charge in [0.05, 0.1) is 5.69 Å². The fraction of sp³-hybridized carbons (Fsp3) is 0.0588. The molecule has 1 aromatic heterocycles. The van der Waals surface area contributed by atoms with E-state index in [1.54, 1.807) is 0 Å². The molecule has 0 atom stereocenters. The van der Waals surface area contributed by atoms with Gasteiger partial charge < -0.3 is 0 Å². The summed E-state index contributed by atoms with van der Waals surface area (Å²) in [7, 11) is 0. The van der Waals surface area contributed by atoms with Gasteiger partial charge in [0.1, 0.15) is 5.82 Å². The van der Waals surface area contributed by atoms with Crippen LogP contribution in [0.1, 0.15) is 15.2 Å². The quantitative estimate of drug-likeness (QED) is 0.712. The first-order chi connectivity index (χ1) is 11.1. The lowest BCUT2D eigenvalue weighted by Crippen LogP contribution is -2.29. The number of aromatic nitrogens is 1. The zero-order chi connectivity index (χ0) is 16.2. The molecule has 0 unspecified atom stereocenters. The van der Waals surface area contributed by atoms with E-state index < -0.39 is 0 Å². The number of thiazole rings is 1. The van der Waals surface area contributed by atoms with Crippen molar-refractivity contribution in [3.05, 3.63) is 70.9 Å². The standard InChI is InChI=1S/C17H14FN3OS/c1-11-15(12-5-3-2-4-6-12)19-17(23-11)21-20-16(22)13-7-9-14(18)10-8-13/h2-10H,1H3,(H,19,21)(H,20,22). The molecule has 3 rings (SSSR count). The van der Waals surface area contributed by atoms with Crippen LogP contribution in [-0.2, 0) is 0 Å². The number of amides is 1. The molecule has 0 aliphatic heterocycles. The van der Waals surface area contributed by atoms with Crippen molar-refractivity contribution in [3.63, 3.8) is 0 Å². The molecule has 0 aliphatic carbocycles. The zero-order valence-electron chi connectivity index (χ0n) is 12.3. The van der Waals surface area contributed by atoms with Crippen LogP contribution in [0.5, 0.6) is 0 Å². The molecule has 0 bridgehead atoms. The molecule has 1 heterocycles. The van der Waals surface area contributed by atoms with E-state index in [4.69, 9.17) is 0 Å². The van der Waals surface area contributed by atoms with E-state index in [1.807, 2.05) is 37.3 Å². The predicted molar refractivity (Wildman–Crippen MR) is 89.8 cm³/mol. The fourth-order valence-electron chi connectivity index (χ4n) is 2.10. The minimum absolute atomic E-state index is 0.348. The van der Waals surface area contributed by atoms with Crippen LogP contribution in [0, 0.1) is 12.7 Å². The Kier molecular flexibility index (Phi) is 4.34. The summed E-state index contributed by atoms with van der Waals surface area (Å²) in [5, 5.41) is 0.594. The van der Waals surface area contributed by atoms with Crippen molar-refractivity contribution < 1.29 is 9.18 Å². The van der Waals surface area contributed by atoms with Crippen molar-refractivity contribution in [3.8, 4) is 11.3 Å². The van der Waals surface area contributed by atoms with Crippen LogP contribution in [0.4, 0.5) is 9.52 Å². The van der Waals surface area contributed by atoms with Gasteiger partial charge in [-0.3, -0.25) is 15.6 Å². The lowest BCUT2D eigenvalue weighted by atomic mass is 10.1. The molecule has 23 heavy (non-hydrogen) atoms. The predicted octanol–water partition coefficient (Wildman–Crippen LogP) is 4.01. The first-order valence-electron chi connectivity index (χ1n) is 6.98. The molecule has 2 aromatic carbocycles. The van der Waals surface area contributed by atoms with Crippen molar-refractivity contribution in [2.24, 2.45) is 0 Å². The summed E-state index contributed by atoms with van der Waals surface area (Å²) in [6.07, 6.45) is 0. The van der Waals surface area contributed by atoms with Gasteiger partial charge in [-0.05, 0) is 31.2 Å². The first kappa shape index (κ1) is 15.2. The highest BCUT2D eigenvalue weighted by atomic mass is 32.1. The largest absolute Gasteiger partial charge is 0.273 e. The second-order valence-electron chi connectivity index (χ2n) is 4.88. The van der Waals surface area contributed by atoms with Crippen LogP contribution >= 0.6 is 11.3 Å². The van der Waals surface area contributed by atoms with Gasteiger partial charge in [-0.2, -0.15) is 0 Å². The molecule has 0 spiro atoms. The summed E-state index contributed by atoms with van der Waals surface area (Å²) in [4.78, 5) is 17.5. The van der Waals surface area contributed by atoms with E-state index in [1.165, 1.54) is 35.6 Å². The minimum atomic E-state index is -0.377. The highest BCUT2D eigenvalue weighted by molar-refractivity contribution is 7.16. The van der Waals surface area contributed by atoms with Gasteiger partial charge in [0.2, 0.25) is 5.13 Å². The van der Waals surface area contributed by atoms with E-state index in [-0.39, 0.29) is 11.7 Å². The van der Waals surface area contributed by atoms with Gasteiger partial charge in [0.25, 0.3) is 5.91 Å². The highest BCUT2D eigenvalue weighted by Crippen LogP contribution is 2.29. The minimum Gasteiger partial charge on any atom is -0.273 e. The topological polar surface area (TPSA) is 54.0 Å². The third-order valence-corrected chi connectivity index (χ3v) is 4.12. The van der Waals surface area contributed by atoms with Gasteiger partial charge in [0.15, 0.2) is 0 Å². The van der Waals surface area contributed by atoms with Crippen LogP contribution in [0.25, 0.3) is 11.3 Å². The van der Waals surface area contributed by atoms with Crippen molar-refractivity contribution >= 4 is 22.4 Å². The lowest BCUT2D eigenvalue weighted by molar-refractivity contribution is 0.0962. The maximum Gasteiger partial charge on any atom is 0.269 e. The smallest absolute Gasteiger partial charge is 0.269 e. The van der Waals surface area contributed by atoms with Gasteiger partial charge in [0, 0.05) is 16.0 Å². The molecule has 116 valence electrons. The summed E-state index contributed by atoms with van der Waals surface area (Å²) < 4.78 is 12.9. The number of carbonyl (C=O) groups excluding carboxylic acids is 1. The molecule has 6 heteroatoms. The van der Waals surface area contributed by atoms with E-state index in [9.17, 15) is 9.18 Å². The Hall–Kier alpha value is -2.73. The van der Waals surface area contributed by atoms with Crippen LogP contribution in [0.2, 0.25) is 0 Å². The van der Waals surface area contributed by atoms with Gasteiger partial charge in [-0.1, -0.05) is 30.3 Å². The van der Waals surface area contributed by atoms with Crippen molar-refractivity contribution in [2.45, 2.75) is 6.92 Å². The molecule has 0 fully saturated rings. The summed E-state index contributed by atoms with van der Waals surface area (Å²) in [6.45, 7) is 1.98. The number of carbonyl (C=O) groups is 1. The Morgan fingerprint density at radius 3 is 2.48 bits per heavy atom. The molecule has 2 N–H and O–H groups in total. The summed E-state index contributed by atoms with van der Waals surface area (Å²) in [6, 6.07) is 15.2. The first-order valence-corrected chi connectivity index (χ1v) is 7.80. The molecule has 4 nitrogen and oxygen atoms in total. The number of rotatable bonds is 4.